The third kappa shape index (κ3) is 3.32. The van der Waals surface area contributed by atoms with E-state index in [4.69, 9.17) is 5.73 Å². The van der Waals surface area contributed by atoms with Crippen LogP contribution >= 0.6 is 0 Å². The molecule has 1 unspecified atom stereocenters. The van der Waals surface area contributed by atoms with Crippen LogP contribution in [0.2, 0.25) is 0 Å². The average molecular weight is 207 g/mol. The number of amides is 1. The molecule has 1 aromatic rings. The molecule has 0 saturated heterocycles. The fourth-order valence-corrected chi connectivity index (χ4v) is 1.36. The molecular weight excluding hydrogens is 190 g/mol. The largest absolute Gasteiger partial charge is 0.339 e. The third-order valence-electron chi connectivity index (χ3n) is 2.11. The first-order chi connectivity index (χ1) is 7.00. The van der Waals surface area contributed by atoms with Crippen LogP contribution in [-0.2, 0) is 11.3 Å². The molecule has 15 heavy (non-hydrogen) atoms. The predicted octanol–water partition coefficient (Wildman–Crippen LogP) is 0.696. The molecule has 0 spiro atoms. The van der Waals surface area contributed by atoms with Gasteiger partial charge in [0.2, 0.25) is 5.91 Å². The number of aromatic nitrogens is 1. The second-order valence-electron chi connectivity index (χ2n) is 3.75. The molecule has 1 heterocycles. The number of nitrogens with zero attached hydrogens (tertiary/aromatic N) is 2. The Labute approximate surface area is 90.1 Å². The van der Waals surface area contributed by atoms with Gasteiger partial charge in [-0.15, -0.1) is 0 Å². The van der Waals surface area contributed by atoms with Crippen molar-refractivity contribution in [1.29, 1.82) is 0 Å². The molecule has 1 aromatic heterocycles. The second-order valence-corrected chi connectivity index (χ2v) is 3.75. The molecule has 0 aliphatic heterocycles. The first-order valence-corrected chi connectivity index (χ1v) is 4.94. The van der Waals surface area contributed by atoms with Gasteiger partial charge in [-0.1, -0.05) is 6.07 Å². The number of carbonyl (C=O) groups excluding carboxylic acids is 1. The highest BCUT2D eigenvalue weighted by Crippen LogP contribution is 2.02. The molecule has 1 atom stereocenters. The molecule has 0 bridgehead atoms. The van der Waals surface area contributed by atoms with Crippen molar-refractivity contribution >= 4 is 5.91 Å². The van der Waals surface area contributed by atoms with Gasteiger partial charge in [0.05, 0.1) is 18.3 Å². The van der Waals surface area contributed by atoms with Crippen molar-refractivity contribution in [2.24, 2.45) is 5.73 Å². The lowest BCUT2D eigenvalue weighted by molar-refractivity contribution is -0.131. The maximum absolute atomic E-state index is 11.5. The van der Waals surface area contributed by atoms with Crippen LogP contribution in [0.5, 0.6) is 0 Å². The maximum atomic E-state index is 11.5. The van der Waals surface area contributed by atoms with E-state index in [1.54, 1.807) is 18.9 Å². The number of aryl methyl sites for hydroxylation is 1. The molecule has 2 N–H and O–H groups in total. The Morgan fingerprint density at radius 2 is 2.27 bits per heavy atom. The zero-order valence-corrected chi connectivity index (χ0v) is 9.40. The van der Waals surface area contributed by atoms with Crippen LogP contribution < -0.4 is 5.73 Å². The summed E-state index contributed by atoms with van der Waals surface area (Å²) in [5.74, 6) is -0.0710. The molecule has 4 heteroatoms. The highest BCUT2D eigenvalue weighted by molar-refractivity contribution is 5.80. The molecule has 0 radical (unpaired) electrons. The van der Waals surface area contributed by atoms with Gasteiger partial charge in [0.15, 0.2) is 0 Å². The van der Waals surface area contributed by atoms with E-state index in [0.717, 1.165) is 11.4 Å². The summed E-state index contributed by atoms with van der Waals surface area (Å²) in [6, 6.07) is 5.30. The predicted molar refractivity (Wildman–Crippen MR) is 59.1 cm³/mol. The quantitative estimate of drug-likeness (QED) is 0.793. The van der Waals surface area contributed by atoms with Crippen LogP contribution in [-0.4, -0.2) is 28.9 Å². The molecule has 0 fully saturated rings. The van der Waals surface area contributed by atoms with Crippen LogP contribution in [0, 0.1) is 6.92 Å². The molecular formula is C11H17N3O. The first kappa shape index (κ1) is 11.7. The van der Waals surface area contributed by atoms with Gasteiger partial charge < -0.3 is 10.6 Å². The Morgan fingerprint density at radius 1 is 1.60 bits per heavy atom. The van der Waals surface area contributed by atoms with Crippen LogP contribution in [0.4, 0.5) is 0 Å². The van der Waals surface area contributed by atoms with E-state index in [0.29, 0.717) is 6.54 Å². The summed E-state index contributed by atoms with van der Waals surface area (Å²) in [5, 5.41) is 0. The number of hydrogen-bond acceptors (Lipinski definition) is 3. The lowest BCUT2D eigenvalue weighted by Crippen LogP contribution is -2.39. The second kappa shape index (κ2) is 4.89. The van der Waals surface area contributed by atoms with E-state index < -0.39 is 6.04 Å². The average Bonchev–Trinajstić information content (AvgIpc) is 2.16. The summed E-state index contributed by atoms with van der Waals surface area (Å²) in [6.07, 6.45) is 0. The van der Waals surface area contributed by atoms with Gasteiger partial charge in [-0.05, 0) is 26.0 Å². The van der Waals surface area contributed by atoms with Gasteiger partial charge in [0.1, 0.15) is 0 Å². The van der Waals surface area contributed by atoms with Crippen molar-refractivity contribution < 1.29 is 4.79 Å². The van der Waals surface area contributed by atoms with E-state index in [-0.39, 0.29) is 5.91 Å². The number of rotatable bonds is 3. The smallest absolute Gasteiger partial charge is 0.239 e. The van der Waals surface area contributed by atoms with Gasteiger partial charge in [0, 0.05) is 12.7 Å². The molecule has 4 nitrogen and oxygen atoms in total. The highest BCUT2D eigenvalue weighted by atomic mass is 16.2. The van der Waals surface area contributed by atoms with Crippen LogP contribution in [0.25, 0.3) is 0 Å². The summed E-state index contributed by atoms with van der Waals surface area (Å²) >= 11 is 0. The Hall–Kier alpha value is -1.42. The zero-order valence-electron chi connectivity index (χ0n) is 9.40. The van der Waals surface area contributed by atoms with Crippen molar-refractivity contribution in [2.75, 3.05) is 7.05 Å². The van der Waals surface area contributed by atoms with E-state index in [1.807, 2.05) is 25.1 Å². The van der Waals surface area contributed by atoms with E-state index in [9.17, 15) is 4.79 Å². The molecule has 1 rings (SSSR count). The van der Waals surface area contributed by atoms with Crippen molar-refractivity contribution in [3.05, 3.63) is 29.6 Å². The molecule has 0 aromatic carbocycles. The Balaban J connectivity index is 2.66. The van der Waals surface area contributed by atoms with Crippen LogP contribution in [0.15, 0.2) is 18.2 Å². The standard InChI is InChI=1S/C11H17N3O/c1-8-5-4-6-10(13-8)7-14(3)11(15)9(2)12/h4-6,9H,7,12H2,1-3H3. The number of likely N-dealkylation sites (N-methyl/N-ethyl adjacent to an activating group) is 1. The minimum Gasteiger partial charge on any atom is -0.339 e. The fraction of sp³-hybridized carbons (Fsp3) is 0.455. The van der Waals surface area contributed by atoms with Gasteiger partial charge in [-0.3, -0.25) is 9.78 Å². The Morgan fingerprint density at radius 3 is 2.80 bits per heavy atom. The first-order valence-electron chi connectivity index (χ1n) is 4.94. The molecule has 1 amide bonds. The topological polar surface area (TPSA) is 59.2 Å². The minimum absolute atomic E-state index is 0.0710. The SMILES string of the molecule is Cc1cccc(CN(C)C(=O)C(C)N)n1. The summed E-state index contributed by atoms with van der Waals surface area (Å²) in [4.78, 5) is 17.4. The van der Waals surface area contributed by atoms with Gasteiger partial charge in [-0.25, -0.2) is 0 Å². The monoisotopic (exact) mass is 207 g/mol. The zero-order chi connectivity index (χ0) is 11.4. The molecule has 0 saturated carbocycles. The Kier molecular flexibility index (Phi) is 3.80. The van der Waals surface area contributed by atoms with Crippen molar-refractivity contribution in [3.63, 3.8) is 0 Å². The minimum atomic E-state index is -0.459. The van der Waals surface area contributed by atoms with Gasteiger partial charge in [-0.2, -0.15) is 0 Å². The lowest BCUT2D eigenvalue weighted by atomic mass is 10.2. The van der Waals surface area contributed by atoms with Crippen LogP contribution in [0.3, 0.4) is 0 Å². The third-order valence-corrected chi connectivity index (χ3v) is 2.11. The molecule has 0 aliphatic rings. The van der Waals surface area contributed by atoms with Crippen molar-refractivity contribution in [3.8, 4) is 0 Å². The fourth-order valence-electron chi connectivity index (χ4n) is 1.36. The highest BCUT2D eigenvalue weighted by Gasteiger charge is 2.13. The van der Waals surface area contributed by atoms with E-state index >= 15 is 0 Å². The summed E-state index contributed by atoms with van der Waals surface area (Å²) in [6.45, 7) is 4.11. The number of pyridine rings is 1. The van der Waals surface area contributed by atoms with Crippen LogP contribution in [0.1, 0.15) is 18.3 Å². The molecule has 0 aliphatic carbocycles. The number of nitrogens with two attached hydrogens (primary N) is 1. The number of carbonyl (C=O) groups is 1. The maximum Gasteiger partial charge on any atom is 0.239 e. The van der Waals surface area contributed by atoms with Gasteiger partial charge in [0.25, 0.3) is 0 Å². The summed E-state index contributed by atoms with van der Waals surface area (Å²) in [7, 11) is 1.73. The van der Waals surface area contributed by atoms with Crippen molar-refractivity contribution in [2.45, 2.75) is 26.4 Å². The van der Waals surface area contributed by atoms with E-state index in [1.165, 1.54) is 0 Å². The van der Waals surface area contributed by atoms with Crippen molar-refractivity contribution in [1.82, 2.24) is 9.88 Å². The van der Waals surface area contributed by atoms with Gasteiger partial charge >= 0.3 is 0 Å². The lowest BCUT2D eigenvalue weighted by Gasteiger charge is -2.18. The molecule has 82 valence electrons. The number of hydrogen-bond donors (Lipinski definition) is 1. The Bertz CT molecular complexity index is 349. The summed E-state index contributed by atoms with van der Waals surface area (Å²) < 4.78 is 0. The normalized spacial score (nSPS) is 12.3. The summed E-state index contributed by atoms with van der Waals surface area (Å²) in [5.41, 5.74) is 7.34. The van der Waals surface area contributed by atoms with E-state index in [2.05, 4.69) is 4.98 Å².